The number of nitrogens with zero attached hydrogens (tertiary/aromatic N) is 2. The summed E-state index contributed by atoms with van der Waals surface area (Å²) in [5.74, 6) is 1.35. The van der Waals surface area contributed by atoms with E-state index in [1.54, 1.807) is 30.6 Å². The van der Waals surface area contributed by atoms with Crippen LogP contribution >= 0.6 is 11.3 Å². The predicted octanol–water partition coefficient (Wildman–Crippen LogP) is 6.79. The second-order valence-corrected chi connectivity index (χ2v) is 9.27. The molecule has 0 aliphatic rings. The summed E-state index contributed by atoms with van der Waals surface area (Å²) in [6.45, 7) is 5.85. The largest absolute Gasteiger partial charge is 0.497 e. The lowest BCUT2D eigenvalue weighted by molar-refractivity contribution is -0.136. The minimum absolute atomic E-state index is 0.00756. The van der Waals surface area contributed by atoms with E-state index in [2.05, 4.69) is 30.1 Å². The lowest BCUT2D eigenvalue weighted by atomic mass is 10.1. The Morgan fingerprint density at radius 2 is 1.81 bits per heavy atom. The lowest BCUT2D eigenvalue weighted by Gasteiger charge is -2.14. The summed E-state index contributed by atoms with van der Waals surface area (Å²) in [5, 5.41) is 12.4. The fraction of sp³-hybridized carbons (Fsp3) is 0.138. The molecule has 2 aromatic carbocycles. The van der Waals surface area contributed by atoms with Gasteiger partial charge in [-0.3, -0.25) is 4.79 Å². The van der Waals surface area contributed by atoms with Gasteiger partial charge in [-0.25, -0.2) is 9.97 Å². The normalized spacial score (nSPS) is 10.9. The number of hydrogen-bond donors (Lipinski definition) is 2. The maximum Gasteiger partial charge on any atom is 0.307 e. The molecule has 0 unspecified atom stereocenters. The molecular formula is C29H27N3O3S. The van der Waals surface area contributed by atoms with Crippen LogP contribution in [-0.4, -0.2) is 28.2 Å². The van der Waals surface area contributed by atoms with E-state index >= 15 is 0 Å². The Hall–Kier alpha value is -4.23. The number of carbonyl (C=O) groups is 1. The third kappa shape index (κ3) is 6.25. The van der Waals surface area contributed by atoms with Gasteiger partial charge in [-0.05, 0) is 66.9 Å². The van der Waals surface area contributed by atoms with Gasteiger partial charge in [0.05, 0.1) is 18.4 Å². The van der Waals surface area contributed by atoms with Crippen LogP contribution in [0, 0.1) is 6.92 Å². The minimum atomic E-state index is -0.853. The van der Waals surface area contributed by atoms with Crippen LogP contribution in [0.4, 0.5) is 11.5 Å². The van der Waals surface area contributed by atoms with E-state index in [1.807, 2.05) is 55.5 Å². The van der Waals surface area contributed by atoms with Crippen molar-refractivity contribution >= 4 is 41.0 Å². The molecular weight excluding hydrogens is 470 g/mol. The molecule has 2 aromatic heterocycles. The van der Waals surface area contributed by atoms with E-state index in [0.717, 1.165) is 43.6 Å². The fourth-order valence-corrected chi connectivity index (χ4v) is 4.52. The van der Waals surface area contributed by atoms with E-state index in [-0.39, 0.29) is 6.42 Å². The predicted molar refractivity (Wildman–Crippen MR) is 147 cm³/mol. The molecule has 0 aliphatic carbocycles. The SMILES string of the molecule is C=CCc1c(C)nc(-c2ccc(C=Cc3ccc(OC)cc3)s2)nc1Nc1ccc(CC(=O)O)cc1. The highest BCUT2D eigenvalue weighted by Crippen LogP contribution is 2.31. The number of thiophene rings is 1. The molecule has 2 N–H and O–H groups in total. The molecule has 0 bridgehead atoms. The molecule has 0 radical (unpaired) electrons. The van der Waals surface area contributed by atoms with Crippen LogP contribution in [0.3, 0.4) is 0 Å². The molecule has 0 saturated carbocycles. The van der Waals surface area contributed by atoms with Crippen molar-refractivity contribution in [2.45, 2.75) is 19.8 Å². The highest BCUT2D eigenvalue weighted by molar-refractivity contribution is 7.16. The Balaban J connectivity index is 1.58. The van der Waals surface area contributed by atoms with Gasteiger partial charge >= 0.3 is 5.97 Å². The van der Waals surface area contributed by atoms with Crippen molar-refractivity contribution in [3.63, 3.8) is 0 Å². The van der Waals surface area contributed by atoms with Crippen LogP contribution in [-0.2, 0) is 17.6 Å². The number of allylic oxidation sites excluding steroid dienone is 1. The van der Waals surface area contributed by atoms with Crippen LogP contribution in [0.25, 0.3) is 22.9 Å². The zero-order valence-corrected chi connectivity index (χ0v) is 21.0. The van der Waals surface area contributed by atoms with Gasteiger partial charge in [-0.15, -0.1) is 17.9 Å². The molecule has 0 spiro atoms. The van der Waals surface area contributed by atoms with E-state index in [0.29, 0.717) is 18.1 Å². The van der Waals surface area contributed by atoms with Crippen molar-refractivity contribution in [2.75, 3.05) is 12.4 Å². The average Bonchev–Trinajstić information content (AvgIpc) is 3.35. The first-order chi connectivity index (χ1) is 17.4. The number of nitrogens with one attached hydrogen (secondary N) is 1. The number of rotatable bonds is 10. The quantitative estimate of drug-likeness (QED) is 0.235. The molecule has 0 amide bonds. The first-order valence-corrected chi connectivity index (χ1v) is 12.3. The zero-order valence-electron chi connectivity index (χ0n) is 20.2. The third-order valence-corrected chi connectivity index (χ3v) is 6.58. The van der Waals surface area contributed by atoms with E-state index in [9.17, 15) is 4.79 Å². The van der Waals surface area contributed by atoms with Gasteiger partial charge in [0.15, 0.2) is 5.82 Å². The molecule has 182 valence electrons. The molecule has 36 heavy (non-hydrogen) atoms. The summed E-state index contributed by atoms with van der Waals surface area (Å²) in [6.07, 6.45) is 6.60. The van der Waals surface area contributed by atoms with Crippen molar-refractivity contribution in [2.24, 2.45) is 0 Å². The van der Waals surface area contributed by atoms with Crippen LogP contribution in [0.15, 0.2) is 73.3 Å². The standard InChI is InChI=1S/C29H27N3O3S/c1-4-5-25-19(2)30-29(32-28(25)31-22-11-6-21(7-12-22)18-27(33)34)26-17-16-24(36-26)15-10-20-8-13-23(35-3)14-9-20/h4,6-17H,1,5,18H2,2-3H3,(H,33,34)(H,30,31,32). The number of anilines is 2. The number of carboxylic acid groups (broad SMARTS) is 1. The number of aliphatic carboxylic acids is 1. The van der Waals surface area contributed by atoms with Gasteiger partial charge in [0.2, 0.25) is 0 Å². The Labute approximate surface area is 214 Å². The Morgan fingerprint density at radius 3 is 2.47 bits per heavy atom. The van der Waals surface area contributed by atoms with Crippen molar-refractivity contribution < 1.29 is 14.6 Å². The highest BCUT2D eigenvalue weighted by atomic mass is 32.1. The van der Waals surface area contributed by atoms with Crippen molar-refractivity contribution in [1.82, 2.24) is 9.97 Å². The number of methoxy groups -OCH3 is 1. The molecule has 0 saturated heterocycles. The molecule has 6 nitrogen and oxygen atoms in total. The number of aryl methyl sites for hydroxylation is 1. The molecule has 7 heteroatoms. The van der Waals surface area contributed by atoms with E-state index < -0.39 is 5.97 Å². The van der Waals surface area contributed by atoms with Gasteiger partial charge in [-0.1, -0.05) is 36.4 Å². The third-order valence-electron chi connectivity index (χ3n) is 5.54. The Bertz CT molecular complexity index is 1390. The van der Waals surface area contributed by atoms with E-state index in [4.69, 9.17) is 19.8 Å². The number of carboxylic acids is 1. The maximum absolute atomic E-state index is 11.0. The molecule has 0 aliphatic heterocycles. The summed E-state index contributed by atoms with van der Waals surface area (Å²) in [5.41, 5.74) is 4.51. The molecule has 0 fully saturated rings. The summed E-state index contributed by atoms with van der Waals surface area (Å²) in [4.78, 5) is 22.6. The first-order valence-electron chi connectivity index (χ1n) is 11.4. The summed E-state index contributed by atoms with van der Waals surface area (Å²) in [6, 6.07) is 19.3. The lowest BCUT2D eigenvalue weighted by Crippen LogP contribution is -2.05. The zero-order chi connectivity index (χ0) is 25.5. The highest BCUT2D eigenvalue weighted by Gasteiger charge is 2.14. The molecule has 2 heterocycles. The number of hydrogen-bond acceptors (Lipinski definition) is 6. The first kappa shape index (κ1) is 24.9. The average molecular weight is 498 g/mol. The van der Waals surface area contributed by atoms with Gasteiger partial charge in [0, 0.05) is 21.8 Å². The van der Waals surface area contributed by atoms with Crippen molar-refractivity contribution in [1.29, 1.82) is 0 Å². The second-order valence-electron chi connectivity index (χ2n) is 8.15. The van der Waals surface area contributed by atoms with Crippen LogP contribution < -0.4 is 10.1 Å². The fourth-order valence-electron chi connectivity index (χ4n) is 3.67. The maximum atomic E-state index is 11.0. The summed E-state index contributed by atoms with van der Waals surface area (Å²) in [7, 11) is 1.66. The topological polar surface area (TPSA) is 84.3 Å². The molecule has 4 rings (SSSR count). The Morgan fingerprint density at radius 1 is 1.06 bits per heavy atom. The van der Waals surface area contributed by atoms with Crippen LogP contribution in [0.1, 0.15) is 27.3 Å². The number of benzene rings is 2. The van der Waals surface area contributed by atoms with Gasteiger partial charge in [0.1, 0.15) is 11.6 Å². The van der Waals surface area contributed by atoms with Crippen molar-refractivity contribution in [3.05, 3.63) is 101 Å². The van der Waals surface area contributed by atoms with Crippen LogP contribution in [0.2, 0.25) is 0 Å². The Kier molecular flexibility index (Phi) is 7.92. The minimum Gasteiger partial charge on any atom is -0.497 e. The van der Waals surface area contributed by atoms with Crippen molar-refractivity contribution in [3.8, 4) is 16.5 Å². The van der Waals surface area contributed by atoms with Gasteiger partial charge < -0.3 is 15.2 Å². The number of ether oxygens (including phenoxy) is 1. The van der Waals surface area contributed by atoms with Gasteiger partial charge in [0.25, 0.3) is 0 Å². The van der Waals surface area contributed by atoms with E-state index in [1.165, 1.54) is 0 Å². The second kappa shape index (κ2) is 11.5. The van der Waals surface area contributed by atoms with Crippen LogP contribution in [0.5, 0.6) is 5.75 Å². The summed E-state index contributed by atoms with van der Waals surface area (Å²) < 4.78 is 5.22. The molecule has 0 atom stereocenters. The monoisotopic (exact) mass is 497 g/mol. The van der Waals surface area contributed by atoms with Gasteiger partial charge in [-0.2, -0.15) is 0 Å². The molecule has 4 aromatic rings. The number of aromatic nitrogens is 2. The summed E-state index contributed by atoms with van der Waals surface area (Å²) >= 11 is 1.62. The smallest absolute Gasteiger partial charge is 0.307 e.